The number of ketones is 1. The van der Waals surface area contributed by atoms with Crippen LogP contribution >= 0.6 is 0 Å². The Kier molecular flexibility index (Phi) is 5.50. The number of aromatic amines is 1. The molecule has 0 aliphatic rings. The second-order valence-corrected chi connectivity index (χ2v) is 7.41. The molecule has 0 unspecified atom stereocenters. The number of nitrogens with zero attached hydrogens (tertiary/aromatic N) is 3. The summed E-state index contributed by atoms with van der Waals surface area (Å²) in [6.07, 6.45) is 2.85. The van der Waals surface area contributed by atoms with Crippen LogP contribution in [0.25, 0.3) is 0 Å². The Morgan fingerprint density at radius 1 is 1.20 bits per heavy atom. The normalized spacial score (nSPS) is 11.2. The number of aromatic nitrogens is 4. The average Bonchev–Trinajstić information content (AvgIpc) is 3.34. The fourth-order valence-electron chi connectivity index (χ4n) is 2.87. The largest absolute Gasteiger partial charge is 0.346 e. The Hall–Kier alpha value is -3.82. The first-order valence-electron chi connectivity index (χ1n) is 9.05. The van der Waals surface area contributed by atoms with Gasteiger partial charge < -0.3 is 15.2 Å². The molecule has 2 aromatic heterocycles. The minimum absolute atomic E-state index is 0.0615. The summed E-state index contributed by atoms with van der Waals surface area (Å²) in [4.78, 5) is 37.6. The van der Waals surface area contributed by atoms with Gasteiger partial charge >= 0.3 is 0 Å². The third-order valence-electron chi connectivity index (χ3n) is 4.60. The third-order valence-corrected chi connectivity index (χ3v) is 4.60. The highest BCUT2D eigenvalue weighted by Gasteiger charge is 2.30. The summed E-state index contributed by atoms with van der Waals surface area (Å²) in [5.74, 6) is -2.50. The number of anilines is 1. The number of rotatable bonds is 6. The van der Waals surface area contributed by atoms with E-state index >= 15 is 0 Å². The number of aryl methyl sites for hydroxylation is 2. The Morgan fingerprint density at radius 3 is 2.57 bits per heavy atom. The first-order chi connectivity index (χ1) is 14.1. The molecular formula is C20H21FN6O3. The number of nitrogens with one attached hydrogen (secondary N) is 3. The van der Waals surface area contributed by atoms with Crippen LogP contribution in [0.3, 0.4) is 0 Å². The molecule has 3 aromatic rings. The fourth-order valence-corrected chi connectivity index (χ4v) is 2.87. The predicted molar refractivity (Wildman–Crippen MR) is 106 cm³/mol. The second-order valence-electron chi connectivity index (χ2n) is 7.41. The number of H-pyrrole nitrogens is 1. The molecule has 0 atom stereocenters. The fraction of sp³-hybridized carbons (Fsp3) is 0.250. The molecule has 0 radical (unpaired) electrons. The van der Waals surface area contributed by atoms with E-state index < -0.39 is 23.1 Å². The molecule has 0 aliphatic heterocycles. The van der Waals surface area contributed by atoms with Crippen molar-refractivity contribution < 1.29 is 18.8 Å². The van der Waals surface area contributed by atoms with Gasteiger partial charge in [-0.2, -0.15) is 15.4 Å². The van der Waals surface area contributed by atoms with Gasteiger partial charge in [0.15, 0.2) is 0 Å². The van der Waals surface area contributed by atoms with Gasteiger partial charge in [0, 0.05) is 24.5 Å². The summed E-state index contributed by atoms with van der Waals surface area (Å²) in [7, 11) is 1.58. The van der Waals surface area contributed by atoms with Gasteiger partial charge in [-0.05, 0) is 50.6 Å². The van der Waals surface area contributed by atoms with Crippen LogP contribution in [-0.4, -0.2) is 37.6 Å². The third kappa shape index (κ3) is 4.27. The van der Waals surface area contributed by atoms with Gasteiger partial charge in [0.1, 0.15) is 17.2 Å². The lowest BCUT2D eigenvalue weighted by Gasteiger charge is -2.22. The van der Waals surface area contributed by atoms with E-state index in [1.807, 2.05) is 0 Å². The van der Waals surface area contributed by atoms with Crippen LogP contribution in [0.15, 0.2) is 36.7 Å². The summed E-state index contributed by atoms with van der Waals surface area (Å²) in [6, 6.07) is 5.53. The molecule has 0 saturated heterocycles. The highest BCUT2D eigenvalue weighted by atomic mass is 19.1. The van der Waals surface area contributed by atoms with Gasteiger partial charge in [-0.3, -0.25) is 14.4 Å². The first kappa shape index (κ1) is 20.9. The number of hydrogen-bond acceptors (Lipinski definition) is 5. The summed E-state index contributed by atoms with van der Waals surface area (Å²) < 4.78 is 14.8. The van der Waals surface area contributed by atoms with Gasteiger partial charge in [0.05, 0.1) is 11.7 Å². The molecule has 1 aromatic carbocycles. The Labute approximate surface area is 171 Å². The topological polar surface area (TPSA) is 122 Å². The van der Waals surface area contributed by atoms with Gasteiger partial charge in [-0.1, -0.05) is 0 Å². The maximum absolute atomic E-state index is 13.4. The van der Waals surface area contributed by atoms with Crippen LogP contribution in [0, 0.1) is 12.7 Å². The van der Waals surface area contributed by atoms with E-state index in [9.17, 15) is 18.8 Å². The highest BCUT2D eigenvalue weighted by Crippen LogP contribution is 2.18. The van der Waals surface area contributed by atoms with E-state index in [1.165, 1.54) is 41.2 Å². The van der Waals surface area contributed by atoms with Crippen molar-refractivity contribution in [2.75, 3.05) is 5.32 Å². The molecule has 2 amide bonds. The van der Waals surface area contributed by atoms with Crippen molar-refractivity contribution in [3.8, 4) is 0 Å². The van der Waals surface area contributed by atoms with Crippen molar-refractivity contribution in [2.24, 2.45) is 7.05 Å². The predicted octanol–water partition coefficient (Wildman–Crippen LogP) is 2.08. The molecule has 0 aliphatic carbocycles. The quantitative estimate of drug-likeness (QED) is 0.423. The molecule has 9 nitrogen and oxygen atoms in total. The van der Waals surface area contributed by atoms with Gasteiger partial charge in [0.25, 0.3) is 17.6 Å². The Bertz CT molecular complexity index is 1120. The average molecular weight is 412 g/mol. The maximum Gasteiger partial charge on any atom is 0.293 e. The summed E-state index contributed by atoms with van der Waals surface area (Å²) in [6.45, 7) is 4.96. The van der Waals surface area contributed by atoms with E-state index in [4.69, 9.17) is 0 Å². The van der Waals surface area contributed by atoms with Crippen LogP contribution in [0.5, 0.6) is 0 Å². The lowest BCUT2D eigenvalue weighted by molar-refractivity contribution is -0.118. The minimum Gasteiger partial charge on any atom is -0.346 e. The Morgan fingerprint density at radius 2 is 1.93 bits per heavy atom. The van der Waals surface area contributed by atoms with Gasteiger partial charge in [-0.15, -0.1) is 0 Å². The van der Waals surface area contributed by atoms with E-state index in [0.29, 0.717) is 16.9 Å². The van der Waals surface area contributed by atoms with Crippen LogP contribution in [0.1, 0.15) is 46.0 Å². The molecule has 0 bridgehead atoms. The number of benzene rings is 1. The van der Waals surface area contributed by atoms with Crippen molar-refractivity contribution in [3.05, 3.63) is 65.0 Å². The summed E-state index contributed by atoms with van der Waals surface area (Å²) in [5.41, 5.74) is 0.582. The van der Waals surface area contributed by atoms with Crippen LogP contribution in [0.4, 0.5) is 10.1 Å². The SMILES string of the molecule is Cc1cc(NC(=O)c2cc(C(=O)C(=O)NC(C)(C)c3cn[nH]n3)cn2C)ccc1F. The first-order valence-corrected chi connectivity index (χ1v) is 9.05. The van der Waals surface area contributed by atoms with Crippen molar-refractivity contribution in [1.29, 1.82) is 0 Å². The summed E-state index contributed by atoms with van der Waals surface area (Å²) in [5, 5.41) is 15.3. The number of carbonyl (C=O) groups is 3. The zero-order valence-electron chi connectivity index (χ0n) is 16.9. The van der Waals surface area contributed by atoms with Crippen molar-refractivity contribution >= 4 is 23.3 Å². The van der Waals surface area contributed by atoms with Crippen LogP contribution in [-0.2, 0) is 17.4 Å². The van der Waals surface area contributed by atoms with Crippen molar-refractivity contribution in [1.82, 2.24) is 25.3 Å². The zero-order chi connectivity index (χ0) is 22.1. The minimum atomic E-state index is -0.921. The molecule has 0 saturated carbocycles. The molecular weight excluding hydrogens is 391 g/mol. The van der Waals surface area contributed by atoms with Crippen molar-refractivity contribution in [3.63, 3.8) is 0 Å². The number of Topliss-reactive ketones (excluding diaryl/α,β-unsaturated/α-hetero) is 1. The lowest BCUT2D eigenvalue weighted by atomic mass is 10.0. The summed E-state index contributed by atoms with van der Waals surface area (Å²) >= 11 is 0. The molecule has 3 N–H and O–H groups in total. The smallest absolute Gasteiger partial charge is 0.293 e. The molecule has 2 heterocycles. The maximum atomic E-state index is 13.4. The molecule has 0 fully saturated rings. The second kappa shape index (κ2) is 7.90. The number of amides is 2. The van der Waals surface area contributed by atoms with Gasteiger partial charge in [-0.25, -0.2) is 4.39 Å². The number of hydrogen-bond donors (Lipinski definition) is 3. The highest BCUT2D eigenvalue weighted by molar-refractivity contribution is 6.43. The zero-order valence-corrected chi connectivity index (χ0v) is 16.9. The molecule has 30 heavy (non-hydrogen) atoms. The monoisotopic (exact) mass is 412 g/mol. The van der Waals surface area contributed by atoms with E-state index in [1.54, 1.807) is 27.8 Å². The molecule has 0 spiro atoms. The lowest BCUT2D eigenvalue weighted by Crippen LogP contribution is -2.44. The van der Waals surface area contributed by atoms with Crippen molar-refractivity contribution in [2.45, 2.75) is 26.3 Å². The molecule has 10 heteroatoms. The molecule has 3 rings (SSSR count). The molecule has 156 valence electrons. The van der Waals surface area contributed by atoms with E-state index in [2.05, 4.69) is 26.0 Å². The van der Waals surface area contributed by atoms with Crippen LogP contribution < -0.4 is 10.6 Å². The number of carbonyl (C=O) groups excluding carboxylic acids is 3. The Balaban J connectivity index is 1.74. The van der Waals surface area contributed by atoms with E-state index in [-0.39, 0.29) is 17.1 Å². The van der Waals surface area contributed by atoms with Gasteiger partial charge in [0.2, 0.25) is 0 Å². The van der Waals surface area contributed by atoms with E-state index in [0.717, 1.165) is 0 Å². The van der Waals surface area contributed by atoms with Crippen LogP contribution in [0.2, 0.25) is 0 Å². The standard InChI is InChI=1S/C20H21FN6O3/c1-11-7-13(5-6-14(11)21)23-18(29)15-8-12(10-27(15)4)17(28)19(30)24-20(2,3)16-9-22-26-25-16/h5-10H,1-4H3,(H,23,29)(H,24,30)(H,22,25,26). The number of halogens is 1.